The third-order valence-corrected chi connectivity index (χ3v) is 5.19. The van der Waals surface area contributed by atoms with Gasteiger partial charge in [-0.15, -0.1) is 11.3 Å². The first-order valence-electron chi connectivity index (χ1n) is 8.19. The van der Waals surface area contributed by atoms with Crippen LogP contribution in [0.5, 0.6) is 0 Å². The molecule has 1 aliphatic rings. The van der Waals surface area contributed by atoms with Crippen LogP contribution in [0.25, 0.3) is 0 Å². The number of benzene rings is 1. The Labute approximate surface area is 159 Å². The van der Waals surface area contributed by atoms with Gasteiger partial charge in [0.1, 0.15) is 0 Å². The molecule has 1 aromatic heterocycles. The van der Waals surface area contributed by atoms with Crippen molar-refractivity contribution in [3.8, 4) is 0 Å². The van der Waals surface area contributed by atoms with Crippen molar-refractivity contribution >= 4 is 40.2 Å². The molecule has 0 aliphatic carbocycles. The van der Waals surface area contributed by atoms with E-state index in [1.807, 2.05) is 0 Å². The van der Waals surface area contributed by atoms with Crippen LogP contribution in [0.1, 0.15) is 37.7 Å². The van der Waals surface area contributed by atoms with Crippen LogP contribution in [-0.2, 0) is 20.7 Å². The molecule has 3 rings (SSSR count). The monoisotopic (exact) mass is 387 g/mol. The van der Waals surface area contributed by atoms with Crippen LogP contribution in [0.3, 0.4) is 0 Å². The van der Waals surface area contributed by atoms with Gasteiger partial charge < -0.3 is 10.1 Å². The van der Waals surface area contributed by atoms with Crippen LogP contribution < -0.4 is 5.32 Å². The Bertz CT molecular complexity index is 902. The molecular formula is C18H17N3O5S. The first-order chi connectivity index (χ1) is 12.9. The topological polar surface area (TPSA) is 106 Å². The summed E-state index contributed by atoms with van der Waals surface area (Å²) in [5.41, 5.74) is 1.35. The number of aryl methyl sites for hydroxylation is 1. The van der Waals surface area contributed by atoms with E-state index in [0.717, 1.165) is 4.90 Å². The summed E-state index contributed by atoms with van der Waals surface area (Å²) in [5.74, 6) is -1.54. The van der Waals surface area contributed by atoms with Crippen molar-refractivity contribution in [1.29, 1.82) is 0 Å². The normalized spacial score (nSPS) is 12.9. The van der Waals surface area contributed by atoms with Gasteiger partial charge in [-0.1, -0.05) is 12.1 Å². The molecule has 2 heterocycles. The minimum Gasteiger partial charge on any atom is -0.469 e. The lowest BCUT2D eigenvalue weighted by molar-refractivity contribution is -0.139. The van der Waals surface area contributed by atoms with E-state index < -0.39 is 11.8 Å². The van der Waals surface area contributed by atoms with Crippen LogP contribution in [0.2, 0.25) is 0 Å². The fourth-order valence-corrected chi connectivity index (χ4v) is 3.65. The maximum absolute atomic E-state index is 12.3. The lowest BCUT2D eigenvalue weighted by Gasteiger charge is -2.12. The van der Waals surface area contributed by atoms with Gasteiger partial charge in [0.25, 0.3) is 11.8 Å². The fraction of sp³-hybridized carbons (Fsp3) is 0.278. The highest BCUT2D eigenvalue weighted by Gasteiger charge is 2.35. The number of carbonyl (C=O) groups excluding carboxylic acids is 4. The Balaban J connectivity index is 1.58. The molecule has 1 aromatic carbocycles. The van der Waals surface area contributed by atoms with E-state index in [1.165, 1.54) is 18.4 Å². The molecule has 8 nitrogen and oxygen atoms in total. The second kappa shape index (κ2) is 7.67. The minimum atomic E-state index is -0.395. The molecule has 0 unspecified atom stereocenters. The lowest BCUT2D eigenvalue weighted by Crippen LogP contribution is -2.32. The molecule has 2 aromatic rings. The van der Waals surface area contributed by atoms with Crippen LogP contribution >= 0.6 is 11.3 Å². The number of amides is 3. The van der Waals surface area contributed by atoms with Crippen LogP contribution in [0, 0.1) is 6.92 Å². The minimum absolute atomic E-state index is 0.0163. The SMILES string of the molecule is COC(=O)Cc1sc(NC(=O)CCN2C(=O)c3ccccc3C2=O)nc1C. The molecule has 0 radical (unpaired) electrons. The number of carbonyl (C=O) groups is 4. The zero-order valence-corrected chi connectivity index (χ0v) is 15.6. The van der Waals surface area contributed by atoms with E-state index in [2.05, 4.69) is 15.0 Å². The first-order valence-corrected chi connectivity index (χ1v) is 9.00. The molecule has 3 amide bonds. The third-order valence-electron chi connectivity index (χ3n) is 4.11. The molecule has 0 spiro atoms. The first kappa shape index (κ1) is 18.7. The van der Waals surface area contributed by atoms with Crippen molar-refractivity contribution in [3.05, 3.63) is 46.0 Å². The van der Waals surface area contributed by atoms with Gasteiger partial charge in [0.05, 0.1) is 30.4 Å². The molecule has 0 saturated heterocycles. The number of hydrogen-bond donors (Lipinski definition) is 1. The fourth-order valence-electron chi connectivity index (χ4n) is 2.69. The van der Waals surface area contributed by atoms with Gasteiger partial charge in [-0.3, -0.25) is 24.1 Å². The van der Waals surface area contributed by atoms with Crippen molar-refractivity contribution in [3.63, 3.8) is 0 Å². The molecule has 1 N–H and O–H groups in total. The summed E-state index contributed by atoms with van der Waals surface area (Å²) in [6, 6.07) is 6.57. The summed E-state index contributed by atoms with van der Waals surface area (Å²) >= 11 is 1.19. The second-order valence-electron chi connectivity index (χ2n) is 5.89. The molecule has 140 valence electrons. The number of anilines is 1. The number of methoxy groups -OCH3 is 1. The van der Waals surface area contributed by atoms with Crippen molar-refractivity contribution in [2.45, 2.75) is 19.8 Å². The number of aromatic nitrogens is 1. The van der Waals surface area contributed by atoms with Gasteiger partial charge in [-0.2, -0.15) is 0 Å². The summed E-state index contributed by atoms with van der Waals surface area (Å²) in [5, 5.41) is 3.00. The number of nitrogens with zero attached hydrogens (tertiary/aromatic N) is 2. The van der Waals surface area contributed by atoms with Gasteiger partial charge >= 0.3 is 5.97 Å². The van der Waals surface area contributed by atoms with Crippen molar-refractivity contribution in [2.75, 3.05) is 19.0 Å². The Morgan fingerprint density at radius 2 is 1.81 bits per heavy atom. The molecule has 0 atom stereocenters. The van der Waals surface area contributed by atoms with E-state index in [0.29, 0.717) is 26.8 Å². The molecule has 0 fully saturated rings. The summed E-state index contributed by atoms with van der Waals surface area (Å²) in [4.78, 5) is 54.1. The largest absolute Gasteiger partial charge is 0.469 e. The Kier molecular flexibility index (Phi) is 5.31. The van der Waals surface area contributed by atoms with Gasteiger partial charge in [0, 0.05) is 17.8 Å². The smallest absolute Gasteiger partial charge is 0.310 e. The summed E-state index contributed by atoms with van der Waals surface area (Å²) in [6.45, 7) is 1.72. The van der Waals surface area contributed by atoms with Crippen LogP contribution in [0.4, 0.5) is 5.13 Å². The van der Waals surface area contributed by atoms with E-state index in [1.54, 1.807) is 31.2 Å². The summed E-state index contributed by atoms with van der Waals surface area (Å²) < 4.78 is 4.63. The average molecular weight is 387 g/mol. The van der Waals surface area contributed by atoms with Crippen molar-refractivity contribution in [1.82, 2.24) is 9.88 Å². The number of imide groups is 1. The zero-order chi connectivity index (χ0) is 19.6. The van der Waals surface area contributed by atoms with Crippen molar-refractivity contribution in [2.24, 2.45) is 0 Å². The maximum Gasteiger partial charge on any atom is 0.310 e. The highest BCUT2D eigenvalue weighted by atomic mass is 32.1. The maximum atomic E-state index is 12.3. The zero-order valence-electron chi connectivity index (χ0n) is 14.8. The quantitative estimate of drug-likeness (QED) is 0.598. The molecule has 1 aliphatic heterocycles. The van der Waals surface area contributed by atoms with Crippen LogP contribution in [0.15, 0.2) is 24.3 Å². The number of fused-ring (bicyclic) bond motifs is 1. The van der Waals surface area contributed by atoms with E-state index in [9.17, 15) is 19.2 Å². The summed E-state index contributed by atoms with van der Waals surface area (Å²) in [6.07, 6.45) is 0.0430. The Hall–Kier alpha value is -3.07. The number of ether oxygens (including phenoxy) is 1. The van der Waals surface area contributed by atoms with E-state index in [4.69, 9.17) is 0 Å². The van der Waals surface area contributed by atoms with Gasteiger partial charge in [0.2, 0.25) is 5.91 Å². The van der Waals surface area contributed by atoms with E-state index in [-0.39, 0.29) is 31.3 Å². The molecule has 9 heteroatoms. The number of hydrogen-bond acceptors (Lipinski definition) is 7. The number of thiazole rings is 1. The number of nitrogens with one attached hydrogen (secondary N) is 1. The van der Waals surface area contributed by atoms with E-state index >= 15 is 0 Å². The standard InChI is InChI=1S/C18H17N3O5S/c1-10-13(9-15(23)26-2)27-18(19-10)20-14(22)7-8-21-16(24)11-5-3-4-6-12(11)17(21)25/h3-6H,7-9H2,1-2H3,(H,19,20,22). The highest BCUT2D eigenvalue weighted by molar-refractivity contribution is 7.16. The second-order valence-corrected chi connectivity index (χ2v) is 6.97. The van der Waals surface area contributed by atoms with Gasteiger partial charge in [-0.25, -0.2) is 4.98 Å². The van der Waals surface area contributed by atoms with Crippen LogP contribution in [-0.4, -0.2) is 47.2 Å². The average Bonchev–Trinajstić information content (AvgIpc) is 3.11. The molecule has 27 heavy (non-hydrogen) atoms. The predicted octanol–water partition coefficient (Wildman–Crippen LogP) is 1.79. The highest BCUT2D eigenvalue weighted by Crippen LogP contribution is 2.24. The van der Waals surface area contributed by atoms with Gasteiger partial charge in [0.15, 0.2) is 5.13 Å². The number of esters is 1. The molecule has 0 bridgehead atoms. The molecule has 0 saturated carbocycles. The van der Waals surface area contributed by atoms with Gasteiger partial charge in [-0.05, 0) is 19.1 Å². The Morgan fingerprint density at radius 1 is 1.19 bits per heavy atom. The third kappa shape index (κ3) is 3.87. The molecular weight excluding hydrogens is 370 g/mol. The lowest BCUT2D eigenvalue weighted by atomic mass is 10.1. The predicted molar refractivity (Wildman–Crippen MR) is 97.6 cm³/mol. The van der Waals surface area contributed by atoms with Crippen molar-refractivity contribution < 1.29 is 23.9 Å². The Morgan fingerprint density at radius 3 is 2.41 bits per heavy atom. The number of rotatable bonds is 6. The summed E-state index contributed by atoms with van der Waals surface area (Å²) in [7, 11) is 1.31.